The van der Waals surface area contributed by atoms with Crippen LogP contribution in [0.25, 0.3) is 0 Å². The maximum Gasteiger partial charge on any atom is 0.162 e. The summed E-state index contributed by atoms with van der Waals surface area (Å²) in [5.74, 6) is 0.547. The van der Waals surface area contributed by atoms with E-state index < -0.39 is 0 Å². The third-order valence-corrected chi connectivity index (χ3v) is 3.08. The van der Waals surface area contributed by atoms with Crippen LogP contribution >= 0.6 is 0 Å². The SMILES string of the molecule is CCC(CC)C(=O)C=C(O)C(CC)CC. The first kappa shape index (κ1) is 14.2. The Hall–Kier alpha value is -0.790. The third kappa shape index (κ3) is 4.50. The van der Waals surface area contributed by atoms with E-state index in [1.54, 1.807) is 0 Å². The number of carbonyl (C=O) groups is 1. The highest BCUT2D eigenvalue weighted by Gasteiger charge is 2.15. The maximum absolute atomic E-state index is 11.7. The molecule has 88 valence electrons. The van der Waals surface area contributed by atoms with E-state index in [0.717, 1.165) is 25.7 Å². The van der Waals surface area contributed by atoms with Gasteiger partial charge in [0.15, 0.2) is 5.78 Å². The van der Waals surface area contributed by atoms with Crippen LogP contribution < -0.4 is 0 Å². The van der Waals surface area contributed by atoms with Crippen LogP contribution in [0.4, 0.5) is 0 Å². The second kappa shape index (κ2) is 7.49. The summed E-state index contributed by atoms with van der Waals surface area (Å²) in [7, 11) is 0. The van der Waals surface area contributed by atoms with Gasteiger partial charge < -0.3 is 5.11 Å². The van der Waals surface area contributed by atoms with Crippen molar-refractivity contribution in [3.05, 3.63) is 11.8 Å². The molecule has 0 aliphatic carbocycles. The first-order valence-corrected chi connectivity index (χ1v) is 6.04. The molecule has 0 saturated heterocycles. The quantitative estimate of drug-likeness (QED) is 0.514. The summed E-state index contributed by atoms with van der Waals surface area (Å²) in [5.41, 5.74) is 0. The van der Waals surface area contributed by atoms with Gasteiger partial charge in [-0.05, 0) is 25.7 Å². The van der Waals surface area contributed by atoms with Crippen molar-refractivity contribution in [1.29, 1.82) is 0 Å². The number of carbonyl (C=O) groups excluding carboxylic acids is 1. The predicted octanol–water partition coefficient (Wildman–Crippen LogP) is 3.87. The van der Waals surface area contributed by atoms with Crippen LogP contribution in [-0.4, -0.2) is 10.9 Å². The van der Waals surface area contributed by atoms with Crippen LogP contribution in [-0.2, 0) is 4.79 Å². The molecular weight excluding hydrogens is 188 g/mol. The minimum Gasteiger partial charge on any atom is -0.512 e. The Labute approximate surface area is 93.4 Å². The van der Waals surface area contributed by atoms with Crippen molar-refractivity contribution in [2.45, 2.75) is 53.4 Å². The highest BCUT2D eigenvalue weighted by molar-refractivity contribution is 5.92. The molecule has 0 bridgehead atoms. The lowest BCUT2D eigenvalue weighted by Gasteiger charge is -2.13. The summed E-state index contributed by atoms with van der Waals surface area (Å²) >= 11 is 0. The third-order valence-electron chi connectivity index (χ3n) is 3.08. The zero-order valence-corrected chi connectivity index (χ0v) is 10.4. The van der Waals surface area contributed by atoms with Gasteiger partial charge in [-0.15, -0.1) is 0 Å². The van der Waals surface area contributed by atoms with Gasteiger partial charge in [0.1, 0.15) is 0 Å². The maximum atomic E-state index is 11.7. The van der Waals surface area contributed by atoms with Crippen molar-refractivity contribution in [3.63, 3.8) is 0 Å². The van der Waals surface area contributed by atoms with Crippen LogP contribution in [0.15, 0.2) is 11.8 Å². The molecule has 0 amide bonds. The van der Waals surface area contributed by atoms with E-state index in [9.17, 15) is 9.90 Å². The molecule has 0 aromatic heterocycles. The first-order valence-electron chi connectivity index (χ1n) is 6.04. The van der Waals surface area contributed by atoms with Crippen molar-refractivity contribution in [1.82, 2.24) is 0 Å². The van der Waals surface area contributed by atoms with Crippen LogP contribution in [0.1, 0.15) is 53.4 Å². The van der Waals surface area contributed by atoms with Gasteiger partial charge in [-0.3, -0.25) is 4.79 Å². The lowest BCUT2D eigenvalue weighted by Crippen LogP contribution is -2.12. The van der Waals surface area contributed by atoms with Gasteiger partial charge in [0.05, 0.1) is 5.76 Å². The number of ketones is 1. The zero-order chi connectivity index (χ0) is 11.8. The molecule has 1 N–H and O–H groups in total. The second-order valence-electron chi connectivity index (χ2n) is 4.00. The number of aliphatic hydroxyl groups excluding tert-OH is 1. The van der Waals surface area contributed by atoms with E-state index in [2.05, 4.69) is 0 Å². The topological polar surface area (TPSA) is 37.3 Å². The van der Waals surface area contributed by atoms with Crippen LogP contribution in [0.5, 0.6) is 0 Å². The summed E-state index contributed by atoms with van der Waals surface area (Å²) in [4.78, 5) is 11.7. The molecule has 0 atom stereocenters. The molecule has 0 aliphatic heterocycles. The number of rotatable bonds is 7. The fraction of sp³-hybridized carbons (Fsp3) is 0.769. The summed E-state index contributed by atoms with van der Waals surface area (Å²) < 4.78 is 0. The van der Waals surface area contributed by atoms with Gasteiger partial charge in [-0.25, -0.2) is 0 Å². The van der Waals surface area contributed by atoms with Gasteiger partial charge >= 0.3 is 0 Å². The minimum absolute atomic E-state index is 0.0708. The molecule has 0 aromatic carbocycles. The van der Waals surface area contributed by atoms with Crippen molar-refractivity contribution < 1.29 is 9.90 Å². The molecular formula is C13H24O2. The summed E-state index contributed by atoms with van der Waals surface area (Å²) in [5, 5.41) is 9.76. The Bertz CT molecular complexity index is 211. The Morgan fingerprint density at radius 3 is 1.73 bits per heavy atom. The van der Waals surface area contributed by atoms with Gasteiger partial charge in [-0.1, -0.05) is 27.7 Å². The Morgan fingerprint density at radius 2 is 1.40 bits per heavy atom. The Morgan fingerprint density at radius 1 is 1.00 bits per heavy atom. The van der Waals surface area contributed by atoms with Crippen molar-refractivity contribution >= 4 is 5.78 Å². The van der Waals surface area contributed by atoms with Crippen molar-refractivity contribution in [2.75, 3.05) is 0 Å². The van der Waals surface area contributed by atoms with Crippen molar-refractivity contribution in [2.24, 2.45) is 11.8 Å². The fourth-order valence-electron chi connectivity index (χ4n) is 1.78. The molecule has 0 heterocycles. The van der Waals surface area contributed by atoms with Crippen molar-refractivity contribution in [3.8, 4) is 0 Å². The van der Waals surface area contributed by atoms with E-state index in [-0.39, 0.29) is 23.4 Å². The first-order chi connectivity index (χ1) is 7.10. The molecule has 15 heavy (non-hydrogen) atoms. The second-order valence-corrected chi connectivity index (χ2v) is 4.00. The van der Waals surface area contributed by atoms with E-state index in [1.807, 2.05) is 27.7 Å². The summed E-state index contributed by atoms with van der Waals surface area (Å²) in [6, 6.07) is 0. The van der Waals surface area contributed by atoms with Gasteiger partial charge in [-0.2, -0.15) is 0 Å². The molecule has 2 heteroatoms. The monoisotopic (exact) mass is 212 g/mol. The van der Waals surface area contributed by atoms with E-state index in [4.69, 9.17) is 0 Å². The highest BCUT2D eigenvalue weighted by atomic mass is 16.3. The van der Waals surface area contributed by atoms with E-state index in [1.165, 1.54) is 6.08 Å². The zero-order valence-electron chi connectivity index (χ0n) is 10.4. The van der Waals surface area contributed by atoms with Gasteiger partial charge in [0.2, 0.25) is 0 Å². The average molecular weight is 212 g/mol. The average Bonchev–Trinajstić information content (AvgIpc) is 2.21. The Kier molecular flexibility index (Phi) is 7.10. The predicted molar refractivity (Wildman–Crippen MR) is 63.9 cm³/mol. The summed E-state index contributed by atoms with van der Waals surface area (Å²) in [6.45, 7) is 8.07. The number of hydrogen-bond acceptors (Lipinski definition) is 2. The standard InChI is InChI=1S/C13H24O2/c1-5-10(6-2)12(14)9-13(15)11(7-3)8-4/h9-11,14H,5-8H2,1-4H3. The molecule has 2 nitrogen and oxygen atoms in total. The highest BCUT2D eigenvalue weighted by Crippen LogP contribution is 2.18. The van der Waals surface area contributed by atoms with E-state index in [0.29, 0.717) is 0 Å². The lowest BCUT2D eigenvalue weighted by molar-refractivity contribution is -0.118. The number of aliphatic hydroxyl groups is 1. The minimum atomic E-state index is 0.0708. The summed E-state index contributed by atoms with van der Waals surface area (Å²) in [6.07, 6.45) is 4.91. The van der Waals surface area contributed by atoms with E-state index >= 15 is 0 Å². The molecule has 0 fully saturated rings. The number of hydrogen-bond donors (Lipinski definition) is 1. The molecule has 0 aromatic rings. The molecule has 0 aliphatic rings. The normalized spacial score (nSPS) is 12.5. The molecule has 0 unspecified atom stereocenters. The van der Waals surface area contributed by atoms with Gasteiger partial charge in [0.25, 0.3) is 0 Å². The molecule has 0 saturated carbocycles. The van der Waals surface area contributed by atoms with Crippen LogP contribution in [0.2, 0.25) is 0 Å². The smallest absolute Gasteiger partial charge is 0.162 e. The molecule has 0 radical (unpaired) electrons. The lowest BCUT2D eigenvalue weighted by atomic mass is 9.94. The fourth-order valence-corrected chi connectivity index (χ4v) is 1.78. The largest absolute Gasteiger partial charge is 0.512 e. The Balaban J connectivity index is 4.51. The molecule has 0 spiro atoms. The van der Waals surface area contributed by atoms with Crippen LogP contribution in [0.3, 0.4) is 0 Å². The van der Waals surface area contributed by atoms with Crippen LogP contribution in [0, 0.1) is 11.8 Å². The number of allylic oxidation sites excluding steroid dienone is 2. The molecule has 0 rings (SSSR count). The van der Waals surface area contributed by atoms with Gasteiger partial charge in [0, 0.05) is 17.9 Å².